The third-order valence-electron chi connectivity index (χ3n) is 4.39. The van der Waals surface area contributed by atoms with E-state index >= 15 is 0 Å². The van der Waals surface area contributed by atoms with Crippen molar-refractivity contribution < 1.29 is 14.6 Å². The fourth-order valence-corrected chi connectivity index (χ4v) is 2.52. The number of ether oxygens (including phenoxy) is 1. The number of hydrogen-bond donors (Lipinski definition) is 2. The van der Waals surface area contributed by atoms with Crippen molar-refractivity contribution in [2.45, 2.75) is 52.2 Å². The standard InChI is InChI=1S/C22H29NO3/c1-5-19(14-24)23-21(25)17-8-6-16(7-9-17)15-26-20-12-10-18(11-13-20)22(2,3)4/h6-13,19,24H,5,14-15H2,1-4H3,(H,23,25). The van der Waals surface area contributed by atoms with Crippen LogP contribution in [-0.2, 0) is 12.0 Å². The molecule has 0 aliphatic carbocycles. The molecule has 0 radical (unpaired) electrons. The van der Waals surface area contributed by atoms with Crippen LogP contribution in [0.25, 0.3) is 0 Å². The van der Waals surface area contributed by atoms with E-state index in [1.54, 1.807) is 12.1 Å². The van der Waals surface area contributed by atoms with Gasteiger partial charge in [-0.3, -0.25) is 4.79 Å². The van der Waals surface area contributed by atoms with E-state index in [1.165, 1.54) is 5.56 Å². The van der Waals surface area contributed by atoms with Crippen molar-refractivity contribution in [3.05, 3.63) is 65.2 Å². The largest absolute Gasteiger partial charge is 0.489 e. The van der Waals surface area contributed by atoms with Crippen molar-refractivity contribution in [1.82, 2.24) is 5.32 Å². The van der Waals surface area contributed by atoms with Gasteiger partial charge in [0.2, 0.25) is 0 Å². The monoisotopic (exact) mass is 355 g/mol. The third kappa shape index (κ3) is 5.60. The van der Waals surface area contributed by atoms with Gasteiger partial charge in [-0.05, 0) is 47.2 Å². The smallest absolute Gasteiger partial charge is 0.251 e. The van der Waals surface area contributed by atoms with Crippen molar-refractivity contribution in [3.8, 4) is 5.75 Å². The van der Waals surface area contributed by atoms with Crippen LogP contribution >= 0.6 is 0 Å². The van der Waals surface area contributed by atoms with Crippen LogP contribution in [0, 0.1) is 0 Å². The molecule has 1 unspecified atom stereocenters. The molecule has 0 fully saturated rings. The molecule has 2 N–H and O–H groups in total. The molecule has 2 aromatic rings. The van der Waals surface area contributed by atoms with Crippen molar-refractivity contribution in [3.63, 3.8) is 0 Å². The predicted molar refractivity (Wildman–Crippen MR) is 105 cm³/mol. The molecule has 0 saturated heterocycles. The summed E-state index contributed by atoms with van der Waals surface area (Å²) in [6.45, 7) is 8.88. The van der Waals surface area contributed by atoms with E-state index in [9.17, 15) is 9.90 Å². The highest BCUT2D eigenvalue weighted by Crippen LogP contribution is 2.24. The predicted octanol–water partition coefficient (Wildman–Crippen LogP) is 4.06. The van der Waals surface area contributed by atoms with Crippen LogP contribution in [0.2, 0.25) is 0 Å². The highest BCUT2D eigenvalue weighted by Gasteiger charge is 2.13. The second-order valence-corrected chi connectivity index (χ2v) is 7.52. The number of carbonyl (C=O) groups excluding carboxylic acids is 1. The number of aliphatic hydroxyl groups is 1. The first-order chi connectivity index (χ1) is 12.3. The zero-order valence-corrected chi connectivity index (χ0v) is 16.1. The second kappa shape index (κ2) is 8.86. The van der Waals surface area contributed by atoms with E-state index in [4.69, 9.17) is 4.74 Å². The first kappa shape index (κ1) is 20.0. The number of amides is 1. The molecule has 4 nitrogen and oxygen atoms in total. The Morgan fingerprint density at radius 2 is 1.69 bits per heavy atom. The molecule has 0 spiro atoms. The van der Waals surface area contributed by atoms with Gasteiger partial charge >= 0.3 is 0 Å². The van der Waals surface area contributed by atoms with E-state index in [2.05, 4.69) is 38.2 Å². The molecule has 1 atom stereocenters. The highest BCUT2D eigenvalue weighted by atomic mass is 16.5. The molecule has 1 amide bonds. The Kier molecular flexibility index (Phi) is 6.81. The van der Waals surface area contributed by atoms with Crippen molar-refractivity contribution in [2.75, 3.05) is 6.61 Å². The summed E-state index contributed by atoms with van der Waals surface area (Å²) in [6.07, 6.45) is 0.697. The SMILES string of the molecule is CCC(CO)NC(=O)c1ccc(COc2ccc(C(C)(C)C)cc2)cc1. The quantitative estimate of drug-likeness (QED) is 0.787. The number of carbonyl (C=O) groups is 1. The molecule has 140 valence electrons. The lowest BCUT2D eigenvalue weighted by Crippen LogP contribution is -2.36. The number of nitrogens with one attached hydrogen (secondary N) is 1. The van der Waals surface area contributed by atoms with Gasteiger partial charge in [0.25, 0.3) is 5.91 Å². The summed E-state index contributed by atoms with van der Waals surface area (Å²) in [6, 6.07) is 15.3. The molecule has 0 aliphatic rings. The summed E-state index contributed by atoms with van der Waals surface area (Å²) in [5.74, 6) is 0.657. The van der Waals surface area contributed by atoms with Crippen LogP contribution < -0.4 is 10.1 Å². The topological polar surface area (TPSA) is 58.6 Å². The summed E-state index contributed by atoms with van der Waals surface area (Å²) in [5.41, 5.74) is 2.97. The maximum atomic E-state index is 12.1. The van der Waals surface area contributed by atoms with Gasteiger partial charge in [-0.2, -0.15) is 0 Å². The Hall–Kier alpha value is -2.33. The summed E-state index contributed by atoms with van der Waals surface area (Å²) in [5, 5.41) is 12.0. The summed E-state index contributed by atoms with van der Waals surface area (Å²) in [4.78, 5) is 12.1. The molecular weight excluding hydrogens is 326 g/mol. The van der Waals surface area contributed by atoms with E-state index < -0.39 is 0 Å². The molecule has 0 saturated carbocycles. The van der Waals surface area contributed by atoms with Gasteiger partial charge in [-0.15, -0.1) is 0 Å². The molecule has 26 heavy (non-hydrogen) atoms. The lowest BCUT2D eigenvalue weighted by atomic mass is 9.87. The van der Waals surface area contributed by atoms with Crippen molar-refractivity contribution in [2.24, 2.45) is 0 Å². The maximum Gasteiger partial charge on any atom is 0.251 e. The Balaban J connectivity index is 1.92. The van der Waals surface area contributed by atoms with E-state index in [0.29, 0.717) is 18.6 Å². The fourth-order valence-electron chi connectivity index (χ4n) is 2.52. The van der Waals surface area contributed by atoms with Crippen molar-refractivity contribution >= 4 is 5.91 Å². The zero-order chi connectivity index (χ0) is 19.2. The van der Waals surface area contributed by atoms with Crippen LogP contribution in [0.3, 0.4) is 0 Å². The first-order valence-corrected chi connectivity index (χ1v) is 9.07. The van der Waals surface area contributed by atoms with E-state index in [1.807, 2.05) is 31.2 Å². The van der Waals surface area contributed by atoms with Crippen LogP contribution in [0.15, 0.2) is 48.5 Å². The van der Waals surface area contributed by atoms with Crippen LogP contribution in [0.5, 0.6) is 5.75 Å². The normalized spacial score (nSPS) is 12.5. The molecule has 0 bridgehead atoms. The highest BCUT2D eigenvalue weighted by molar-refractivity contribution is 5.94. The fraction of sp³-hybridized carbons (Fsp3) is 0.409. The van der Waals surface area contributed by atoms with Gasteiger partial charge in [0.15, 0.2) is 0 Å². The third-order valence-corrected chi connectivity index (χ3v) is 4.39. The van der Waals surface area contributed by atoms with E-state index in [-0.39, 0.29) is 24.0 Å². The minimum Gasteiger partial charge on any atom is -0.489 e. The van der Waals surface area contributed by atoms with Gasteiger partial charge in [-0.1, -0.05) is 52.0 Å². The summed E-state index contributed by atoms with van der Waals surface area (Å²) >= 11 is 0. The average molecular weight is 355 g/mol. The van der Waals surface area contributed by atoms with E-state index in [0.717, 1.165) is 11.3 Å². The number of benzene rings is 2. The van der Waals surface area contributed by atoms with Gasteiger partial charge in [-0.25, -0.2) is 0 Å². The van der Waals surface area contributed by atoms with Crippen LogP contribution in [0.4, 0.5) is 0 Å². The number of hydrogen-bond acceptors (Lipinski definition) is 3. The molecule has 0 aliphatic heterocycles. The maximum absolute atomic E-state index is 12.1. The van der Waals surface area contributed by atoms with Crippen LogP contribution in [-0.4, -0.2) is 23.7 Å². The Morgan fingerprint density at radius 3 is 2.19 bits per heavy atom. The lowest BCUT2D eigenvalue weighted by molar-refractivity contribution is 0.0915. The molecule has 0 heterocycles. The molecule has 0 aromatic heterocycles. The van der Waals surface area contributed by atoms with Gasteiger partial charge in [0.1, 0.15) is 12.4 Å². The zero-order valence-electron chi connectivity index (χ0n) is 16.1. The Labute approximate surface area is 156 Å². The summed E-state index contributed by atoms with van der Waals surface area (Å²) in [7, 11) is 0. The molecule has 4 heteroatoms. The van der Waals surface area contributed by atoms with Gasteiger partial charge in [0.05, 0.1) is 12.6 Å². The summed E-state index contributed by atoms with van der Waals surface area (Å²) < 4.78 is 5.83. The van der Waals surface area contributed by atoms with Gasteiger partial charge in [0, 0.05) is 5.56 Å². The second-order valence-electron chi connectivity index (χ2n) is 7.52. The van der Waals surface area contributed by atoms with Crippen molar-refractivity contribution in [1.29, 1.82) is 0 Å². The average Bonchev–Trinajstić information content (AvgIpc) is 2.64. The minimum absolute atomic E-state index is 0.0534. The number of aliphatic hydroxyl groups excluding tert-OH is 1. The molecular formula is C22H29NO3. The molecule has 2 aromatic carbocycles. The Bertz CT molecular complexity index is 696. The Morgan fingerprint density at radius 1 is 1.08 bits per heavy atom. The van der Waals surface area contributed by atoms with Gasteiger partial charge < -0.3 is 15.2 Å². The minimum atomic E-state index is -0.207. The number of rotatable bonds is 7. The molecule has 2 rings (SSSR count). The first-order valence-electron chi connectivity index (χ1n) is 9.07. The van der Waals surface area contributed by atoms with Crippen LogP contribution in [0.1, 0.15) is 55.6 Å². The lowest BCUT2D eigenvalue weighted by Gasteiger charge is -2.19.